The van der Waals surface area contributed by atoms with E-state index in [0.717, 1.165) is 0 Å². The predicted molar refractivity (Wildman–Crippen MR) is 70.9 cm³/mol. The van der Waals surface area contributed by atoms with Crippen LogP contribution in [0.1, 0.15) is 21.7 Å². The zero-order valence-electron chi connectivity index (χ0n) is 10.2. The largest absolute Gasteiger partial charge is 0.486 e. The van der Waals surface area contributed by atoms with Crippen LogP contribution in [0.25, 0.3) is 0 Å². The normalized spacial score (nSPS) is 9.85. The van der Waals surface area contributed by atoms with E-state index in [0.29, 0.717) is 27.7 Å². The number of benzene rings is 1. The summed E-state index contributed by atoms with van der Waals surface area (Å²) in [6.45, 7) is 0.0397. The van der Waals surface area contributed by atoms with Crippen molar-refractivity contribution in [3.05, 3.63) is 52.4 Å². The number of hydrazine groups is 1. The van der Waals surface area contributed by atoms with E-state index in [9.17, 15) is 4.79 Å². The van der Waals surface area contributed by atoms with Crippen molar-refractivity contribution in [3.63, 3.8) is 0 Å². The number of furan rings is 1. The van der Waals surface area contributed by atoms with Gasteiger partial charge in [-0.2, -0.15) is 5.26 Å². The van der Waals surface area contributed by atoms with Gasteiger partial charge in [0.25, 0.3) is 5.91 Å². The molecular formula is C13H10ClN3O3. The molecule has 2 aromatic rings. The number of ether oxygens (including phenoxy) is 1. The number of nitriles is 1. The minimum absolute atomic E-state index is 0.0397. The lowest BCUT2D eigenvalue weighted by atomic mass is 10.2. The highest BCUT2D eigenvalue weighted by molar-refractivity contribution is 6.31. The number of nitrogens with one attached hydrogen (secondary N) is 1. The molecule has 20 heavy (non-hydrogen) atoms. The van der Waals surface area contributed by atoms with E-state index < -0.39 is 5.91 Å². The molecule has 1 aromatic carbocycles. The molecule has 0 saturated carbocycles. The molecule has 102 valence electrons. The van der Waals surface area contributed by atoms with Crippen molar-refractivity contribution in [2.45, 2.75) is 6.61 Å². The summed E-state index contributed by atoms with van der Waals surface area (Å²) in [7, 11) is 0. The van der Waals surface area contributed by atoms with Gasteiger partial charge < -0.3 is 9.15 Å². The molecule has 0 saturated heterocycles. The Morgan fingerprint density at radius 1 is 1.50 bits per heavy atom. The van der Waals surface area contributed by atoms with Gasteiger partial charge in [0.05, 0.1) is 22.4 Å². The van der Waals surface area contributed by atoms with Gasteiger partial charge >= 0.3 is 0 Å². The molecule has 3 N–H and O–H groups in total. The molecule has 0 bridgehead atoms. The standard InChI is InChI=1S/C13H10ClN3O3/c14-11-5-9(2-1-8(11)6-15)20-7-12-10(3-4-19-12)13(18)17-16/h1-5H,7,16H2,(H,17,18). The number of nitrogens with zero attached hydrogens (tertiary/aromatic N) is 1. The van der Waals surface area contributed by atoms with Gasteiger partial charge in [0.2, 0.25) is 0 Å². The molecule has 0 radical (unpaired) electrons. The zero-order valence-corrected chi connectivity index (χ0v) is 11.0. The van der Waals surface area contributed by atoms with Crippen molar-refractivity contribution in [2.24, 2.45) is 5.84 Å². The first-order valence-electron chi connectivity index (χ1n) is 5.55. The SMILES string of the molecule is N#Cc1ccc(OCc2occc2C(=O)NN)cc1Cl. The maximum atomic E-state index is 11.4. The summed E-state index contributed by atoms with van der Waals surface area (Å²) >= 11 is 5.89. The topological polar surface area (TPSA) is 101 Å². The van der Waals surface area contributed by atoms with Gasteiger partial charge in [-0.05, 0) is 18.2 Å². The van der Waals surface area contributed by atoms with Crippen LogP contribution in [0.3, 0.4) is 0 Å². The van der Waals surface area contributed by atoms with Crippen LogP contribution in [0.4, 0.5) is 0 Å². The van der Waals surface area contributed by atoms with E-state index >= 15 is 0 Å². The lowest BCUT2D eigenvalue weighted by Gasteiger charge is -2.06. The fourth-order valence-corrected chi connectivity index (χ4v) is 1.77. The van der Waals surface area contributed by atoms with Gasteiger partial charge in [-0.3, -0.25) is 10.2 Å². The zero-order chi connectivity index (χ0) is 14.5. The summed E-state index contributed by atoms with van der Waals surface area (Å²) in [5.74, 6) is 5.40. The van der Waals surface area contributed by atoms with Crippen molar-refractivity contribution < 1.29 is 13.9 Å². The number of hydrogen-bond acceptors (Lipinski definition) is 5. The second kappa shape index (κ2) is 6.10. The molecule has 0 unspecified atom stereocenters. The van der Waals surface area contributed by atoms with Crippen LogP contribution in [0.15, 0.2) is 34.9 Å². The summed E-state index contributed by atoms with van der Waals surface area (Å²) < 4.78 is 10.6. The Balaban J connectivity index is 2.10. The van der Waals surface area contributed by atoms with Crippen LogP contribution >= 0.6 is 11.6 Å². The number of nitrogen functional groups attached to an aromatic ring is 1. The maximum absolute atomic E-state index is 11.4. The molecule has 2 rings (SSSR count). The van der Waals surface area contributed by atoms with Gasteiger partial charge in [-0.25, -0.2) is 5.84 Å². The van der Waals surface area contributed by atoms with Gasteiger partial charge in [0.1, 0.15) is 18.4 Å². The van der Waals surface area contributed by atoms with E-state index in [4.69, 9.17) is 31.9 Å². The highest BCUT2D eigenvalue weighted by Gasteiger charge is 2.14. The first kappa shape index (κ1) is 13.9. The fourth-order valence-electron chi connectivity index (χ4n) is 1.56. The van der Waals surface area contributed by atoms with E-state index in [1.54, 1.807) is 12.1 Å². The van der Waals surface area contributed by atoms with Crippen molar-refractivity contribution in [2.75, 3.05) is 0 Å². The highest BCUT2D eigenvalue weighted by Crippen LogP contribution is 2.23. The van der Waals surface area contributed by atoms with Crippen LogP contribution in [-0.4, -0.2) is 5.91 Å². The van der Waals surface area contributed by atoms with E-state index in [2.05, 4.69) is 0 Å². The molecule has 0 aliphatic heterocycles. The van der Waals surface area contributed by atoms with Gasteiger partial charge in [-0.1, -0.05) is 11.6 Å². The smallest absolute Gasteiger partial charge is 0.268 e. The number of carbonyl (C=O) groups is 1. The third kappa shape index (κ3) is 2.91. The second-order valence-corrected chi connectivity index (χ2v) is 4.18. The average Bonchev–Trinajstić information content (AvgIpc) is 2.93. The van der Waals surface area contributed by atoms with Crippen LogP contribution in [0.2, 0.25) is 5.02 Å². The summed E-state index contributed by atoms with van der Waals surface area (Å²) in [5.41, 5.74) is 2.68. The molecule has 0 atom stereocenters. The molecule has 0 aliphatic rings. The first-order chi connectivity index (χ1) is 9.65. The number of amides is 1. The average molecular weight is 292 g/mol. The van der Waals surface area contributed by atoms with Crippen molar-refractivity contribution in [3.8, 4) is 11.8 Å². The lowest BCUT2D eigenvalue weighted by Crippen LogP contribution is -2.30. The molecule has 6 nitrogen and oxygen atoms in total. The summed E-state index contributed by atoms with van der Waals surface area (Å²) in [4.78, 5) is 11.4. The van der Waals surface area contributed by atoms with Gasteiger partial charge in [-0.15, -0.1) is 0 Å². The van der Waals surface area contributed by atoms with E-state index in [1.165, 1.54) is 18.4 Å². The number of carbonyl (C=O) groups excluding carboxylic acids is 1. The Bertz CT molecular complexity index is 676. The van der Waals surface area contributed by atoms with Crippen molar-refractivity contribution in [1.29, 1.82) is 5.26 Å². The first-order valence-corrected chi connectivity index (χ1v) is 5.93. The third-order valence-corrected chi connectivity index (χ3v) is 2.86. The maximum Gasteiger partial charge on any atom is 0.268 e. The number of rotatable bonds is 4. The molecule has 1 amide bonds. The monoisotopic (exact) mass is 291 g/mol. The Morgan fingerprint density at radius 3 is 2.95 bits per heavy atom. The predicted octanol–water partition coefficient (Wildman–Crippen LogP) is 1.99. The third-order valence-electron chi connectivity index (χ3n) is 2.55. The Labute approximate surface area is 119 Å². The number of hydrogen-bond donors (Lipinski definition) is 2. The van der Waals surface area contributed by atoms with Gasteiger partial charge in [0.15, 0.2) is 5.76 Å². The Morgan fingerprint density at radius 2 is 2.30 bits per heavy atom. The van der Waals surface area contributed by atoms with Crippen molar-refractivity contribution >= 4 is 17.5 Å². The number of nitrogens with two attached hydrogens (primary N) is 1. The van der Waals surface area contributed by atoms with Crippen LogP contribution < -0.4 is 16.0 Å². The molecular weight excluding hydrogens is 282 g/mol. The van der Waals surface area contributed by atoms with Crippen LogP contribution in [-0.2, 0) is 6.61 Å². The molecule has 0 spiro atoms. The summed E-state index contributed by atoms with van der Waals surface area (Å²) in [5, 5.41) is 9.06. The van der Waals surface area contributed by atoms with Crippen LogP contribution in [0.5, 0.6) is 5.75 Å². The van der Waals surface area contributed by atoms with E-state index in [1.807, 2.05) is 11.5 Å². The van der Waals surface area contributed by atoms with Crippen LogP contribution in [0, 0.1) is 11.3 Å². The minimum Gasteiger partial charge on any atom is -0.486 e. The number of halogens is 1. The Hall–Kier alpha value is -2.49. The van der Waals surface area contributed by atoms with E-state index in [-0.39, 0.29) is 6.61 Å². The Kier molecular flexibility index (Phi) is 4.25. The lowest BCUT2D eigenvalue weighted by molar-refractivity contribution is 0.0949. The molecule has 0 aliphatic carbocycles. The molecule has 7 heteroatoms. The quantitative estimate of drug-likeness (QED) is 0.509. The van der Waals surface area contributed by atoms with Crippen molar-refractivity contribution in [1.82, 2.24) is 5.43 Å². The minimum atomic E-state index is -0.463. The van der Waals surface area contributed by atoms with Gasteiger partial charge in [0, 0.05) is 6.07 Å². The molecule has 0 fully saturated rings. The molecule has 1 heterocycles. The highest BCUT2D eigenvalue weighted by atomic mass is 35.5. The molecule has 1 aromatic heterocycles. The summed E-state index contributed by atoms with van der Waals surface area (Å²) in [6, 6.07) is 8.12. The fraction of sp³-hybridized carbons (Fsp3) is 0.0769. The summed E-state index contributed by atoms with van der Waals surface area (Å²) in [6.07, 6.45) is 1.37. The second-order valence-electron chi connectivity index (χ2n) is 3.77.